The Hall–Kier alpha value is -8.53. The van der Waals surface area contributed by atoms with Crippen LogP contribution >= 0.6 is 0 Å². The van der Waals surface area contributed by atoms with Gasteiger partial charge in [0.05, 0.1) is 17.4 Å². The minimum absolute atomic E-state index is 0.0486. The minimum Gasteiger partial charge on any atom is -0.310 e. The number of pyridine rings is 1. The van der Waals surface area contributed by atoms with E-state index in [4.69, 9.17) is 4.98 Å². The van der Waals surface area contributed by atoms with Gasteiger partial charge < -0.3 is 9.80 Å². The summed E-state index contributed by atoms with van der Waals surface area (Å²) < 4.78 is 0. The second kappa shape index (κ2) is 17.1. The van der Waals surface area contributed by atoms with Gasteiger partial charge >= 0.3 is 0 Å². The molecule has 0 fully saturated rings. The second-order valence-corrected chi connectivity index (χ2v) is 17.6. The van der Waals surface area contributed by atoms with Crippen LogP contribution in [0.15, 0.2) is 255 Å². The predicted octanol–water partition coefficient (Wildman–Crippen LogP) is 17.7. The fourth-order valence-electron chi connectivity index (χ4n) is 10.3. The summed E-state index contributed by atoms with van der Waals surface area (Å²) in [7, 11) is 0. The number of allylic oxidation sites excluding steroid dienone is 4. The first-order chi connectivity index (χ1) is 33.1. The van der Waals surface area contributed by atoms with E-state index in [1.807, 2.05) is 0 Å². The number of fused-ring (bicyclic) bond motifs is 4. The molecule has 0 aliphatic heterocycles. The molecule has 3 heteroatoms. The molecule has 0 amide bonds. The third kappa shape index (κ3) is 7.41. The molecule has 0 spiro atoms. The van der Waals surface area contributed by atoms with Gasteiger partial charge in [-0.05, 0) is 133 Å². The van der Waals surface area contributed by atoms with Crippen LogP contribution in [0, 0.1) is 5.92 Å². The Bertz CT molecular complexity index is 3660. The fourth-order valence-corrected chi connectivity index (χ4v) is 10.3. The summed E-state index contributed by atoms with van der Waals surface area (Å²) in [5, 5.41) is 8.33. The van der Waals surface area contributed by atoms with Crippen molar-refractivity contribution < 1.29 is 0 Å². The molecule has 12 rings (SSSR count). The number of hydrogen-bond donors (Lipinski definition) is 0. The van der Waals surface area contributed by atoms with E-state index in [0.717, 1.165) is 50.6 Å². The number of rotatable bonds is 9. The summed E-state index contributed by atoms with van der Waals surface area (Å²) >= 11 is 0. The SMILES string of the molecule is CC1C=C(c2ccccc2)C=CC1c1c2cc(N(c3ccccc3)c3ccc4ccccc4c3)ccc2c(-c2ccccc2)c2cc(N(c3ccccc3)c3ccc4ccccc4c3)cnc12. The van der Waals surface area contributed by atoms with Crippen molar-refractivity contribution in [3.8, 4) is 11.1 Å². The minimum atomic E-state index is 0.0486. The molecule has 67 heavy (non-hydrogen) atoms. The number of nitrogens with zero attached hydrogens (tertiary/aromatic N) is 3. The van der Waals surface area contributed by atoms with E-state index >= 15 is 0 Å². The maximum absolute atomic E-state index is 5.65. The van der Waals surface area contributed by atoms with Crippen LogP contribution in [-0.4, -0.2) is 4.98 Å². The standard InChI is InChI=1S/C64H47N3/c1-44-38-51(45-18-6-2-7-19-45)32-36-58(44)63-60-41-56(66(52-26-10-4-11-27-52)54-33-30-46-20-14-16-24-49(46)39-54)35-37-59(60)62(48-22-8-3-9-23-48)61-42-57(43-65-64(61)63)67(53-28-12-5-13-29-53)55-34-31-47-21-15-17-25-50(47)40-55/h2-44,58H,1H3. The number of para-hydroxylation sites is 2. The highest BCUT2D eigenvalue weighted by Gasteiger charge is 2.28. The molecule has 10 aromatic carbocycles. The highest BCUT2D eigenvalue weighted by Crippen LogP contribution is 2.49. The number of hydrogen-bond acceptors (Lipinski definition) is 3. The molecule has 0 radical (unpaired) electrons. The molecular formula is C64H47N3. The Morgan fingerprint density at radius 2 is 0.866 bits per heavy atom. The van der Waals surface area contributed by atoms with Gasteiger partial charge in [0.25, 0.3) is 0 Å². The van der Waals surface area contributed by atoms with Crippen LogP contribution < -0.4 is 9.80 Å². The normalized spacial score (nSPS) is 14.7. The Labute approximate surface area is 391 Å². The summed E-state index contributed by atoms with van der Waals surface area (Å²) in [5.41, 5.74) is 13.5. The van der Waals surface area contributed by atoms with Crippen LogP contribution in [0.3, 0.4) is 0 Å². The molecule has 1 aromatic heterocycles. The molecular weight excluding hydrogens is 811 g/mol. The molecule has 0 saturated heterocycles. The van der Waals surface area contributed by atoms with Gasteiger partial charge in [0.2, 0.25) is 0 Å². The first-order valence-electron chi connectivity index (χ1n) is 23.2. The summed E-state index contributed by atoms with van der Waals surface area (Å²) in [6.45, 7) is 2.36. The summed E-state index contributed by atoms with van der Waals surface area (Å²) in [4.78, 5) is 10.4. The van der Waals surface area contributed by atoms with Gasteiger partial charge in [-0.1, -0.05) is 189 Å². The fraction of sp³-hybridized carbons (Fsp3) is 0.0469. The number of anilines is 6. The second-order valence-electron chi connectivity index (χ2n) is 17.6. The summed E-state index contributed by atoms with van der Waals surface area (Å²) in [5.74, 6) is 0.232. The van der Waals surface area contributed by atoms with E-state index < -0.39 is 0 Å². The van der Waals surface area contributed by atoms with Crippen molar-refractivity contribution in [2.24, 2.45) is 5.92 Å². The molecule has 0 saturated carbocycles. The van der Waals surface area contributed by atoms with Crippen LogP contribution in [0.2, 0.25) is 0 Å². The average molecular weight is 858 g/mol. The maximum Gasteiger partial charge on any atom is 0.0754 e. The van der Waals surface area contributed by atoms with Gasteiger partial charge in [-0.2, -0.15) is 0 Å². The third-order valence-electron chi connectivity index (χ3n) is 13.5. The smallest absolute Gasteiger partial charge is 0.0754 e. The monoisotopic (exact) mass is 857 g/mol. The van der Waals surface area contributed by atoms with Crippen LogP contribution in [0.4, 0.5) is 34.1 Å². The van der Waals surface area contributed by atoms with E-state index in [0.29, 0.717) is 0 Å². The highest BCUT2D eigenvalue weighted by molar-refractivity contribution is 6.16. The van der Waals surface area contributed by atoms with Crippen molar-refractivity contribution in [2.75, 3.05) is 9.80 Å². The average Bonchev–Trinajstić information content (AvgIpc) is 3.39. The molecule has 318 valence electrons. The largest absolute Gasteiger partial charge is 0.310 e. The predicted molar refractivity (Wildman–Crippen MR) is 285 cm³/mol. The van der Waals surface area contributed by atoms with Crippen LogP contribution in [0.5, 0.6) is 0 Å². The van der Waals surface area contributed by atoms with Crippen molar-refractivity contribution in [1.29, 1.82) is 0 Å². The Morgan fingerprint density at radius 3 is 1.45 bits per heavy atom. The third-order valence-corrected chi connectivity index (χ3v) is 13.5. The van der Waals surface area contributed by atoms with E-state index in [2.05, 4.69) is 272 Å². The molecule has 2 unspecified atom stereocenters. The first-order valence-corrected chi connectivity index (χ1v) is 23.2. The van der Waals surface area contributed by atoms with Crippen molar-refractivity contribution in [3.63, 3.8) is 0 Å². The van der Waals surface area contributed by atoms with Crippen molar-refractivity contribution >= 4 is 82.9 Å². The Kier molecular flexibility index (Phi) is 10.2. The van der Waals surface area contributed by atoms with Gasteiger partial charge in [0, 0.05) is 39.7 Å². The van der Waals surface area contributed by atoms with Crippen molar-refractivity contribution in [2.45, 2.75) is 12.8 Å². The van der Waals surface area contributed by atoms with Gasteiger partial charge in [0.15, 0.2) is 0 Å². The van der Waals surface area contributed by atoms with E-state index in [1.165, 1.54) is 54.6 Å². The molecule has 11 aromatic rings. The zero-order chi connectivity index (χ0) is 44.7. The van der Waals surface area contributed by atoms with Gasteiger partial charge in [0.1, 0.15) is 0 Å². The zero-order valence-corrected chi connectivity index (χ0v) is 37.2. The van der Waals surface area contributed by atoms with E-state index in [1.54, 1.807) is 0 Å². The van der Waals surface area contributed by atoms with Gasteiger partial charge in [-0.25, -0.2) is 0 Å². The molecule has 0 bridgehead atoms. The lowest BCUT2D eigenvalue weighted by Gasteiger charge is -2.30. The summed E-state index contributed by atoms with van der Waals surface area (Å²) in [6, 6.07) is 83.2. The first kappa shape index (κ1) is 40.0. The molecule has 1 aliphatic carbocycles. The number of benzene rings is 10. The molecule has 2 atom stereocenters. The van der Waals surface area contributed by atoms with E-state index in [-0.39, 0.29) is 11.8 Å². The molecule has 1 heterocycles. The van der Waals surface area contributed by atoms with Gasteiger partial charge in [-0.3, -0.25) is 4.98 Å². The number of aromatic nitrogens is 1. The van der Waals surface area contributed by atoms with Gasteiger partial charge in [-0.15, -0.1) is 0 Å². The van der Waals surface area contributed by atoms with Crippen LogP contribution in [0.25, 0.3) is 59.9 Å². The Morgan fingerprint density at radius 1 is 0.388 bits per heavy atom. The zero-order valence-electron chi connectivity index (χ0n) is 37.2. The maximum atomic E-state index is 5.65. The van der Waals surface area contributed by atoms with Crippen molar-refractivity contribution in [3.05, 3.63) is 266 Å². The van der Waals surface area contributed by atoms with Crippen molar-refractivity contribution in [1.82, 2.24) is 4.98 Å². The van der Waals surface area contributed by atoms with Crippen LogP contribution in [-0.2, 0) is 0 Å². The highest BCUT2D eigenvalue weighted by atomic mass is 15.2. The quantitative estimate of drug-likeness (QED) is 0.135. The molecule has 0 N–H and O–H groups in total. The summed E-state index contributed by atoms with van der Waals surface area (Å²) in [6.07, 6.45) is 9.29. The lowest BCUT2D eigenvalue weighted by molar-refractivity contribution is 0.644. The topological polar surface area (TPSA) is 19.4 Å². The Balaban J connectivity index is 1.14. The van der Waals surface area contributed by atoms with E-state index in [9.17, 15) is 0 Å². The molecule has 3 nitrogen and oxygen atoms in total. The van der Waals surface area contributed by atoms with Crippen LogP contribution in [0.1, 0.15) is 24.0 Å². The lowest BCUT2D eigenvalue weighted by Crippen LogP contribution is -2.14. The lowest BCUT2D eigenvalue weighted by atomic mass is 9.77. The molecule has 1 aliphatic rings.